The number of rotatable bonds is 6. The molecule has 1 saturated heterocycles. The number of hydrogen-bond donors (Lipinski definition) is 0. The molecule has 0 radical (unpaired) electrons. The summed E-state index contributed by atoms with van der Waals surface area (Å²) in [6.07, 6.45) is 0.479. The number of fused-ring (bicyclic) bond motifs is 3. The highest BCUT2D eigenvalue weighted by Crippen LogP contribution is 2.24. The summed E-state index contributed by atoms with van der Waals surface area (Å²) in [6, 6.07) is 6.66. The fraction of sp³-hybridized carbons (Fsp3) is 0.429. The van der Waals surface area contributed by atoms with Gasteiger partial charge < -0.3 is 14.1 Å². The minimum Gasteiger partial charge on any atom is -0.451 e. The Labute approximate surface area is 183 Å². The number of hydrogen-bond acceptors (Lipinski definition) is 8. The average molecular weight is 461 g/mol. The molecule has 3 heterocycles. The van der Waals surface area contributed by atoms with Crippen LogP contribution in [0.1, 0.15) is 20.3 Å². The molecule has 0 N–H and O–H groups in total. The first kappa shape index (κ1) is 22.0. The fourth-order valence-corrected chi connectivity index (χ4v) is 5.73. The smallest absolute Gasteiger partial charge is 0.326 e. The molecule has 1 aliphatic rings. The molecule has 32 heavy (non-hydrogen) atoms. The third-order valence-electron chi connectivity index (χ3n) is 5.58. The van der Waals surface area contributed by atoms with Gasteiger partial charge in [-0.25, -0.2) is 13.4 Å². The van der Waals surface area contributed by atoms with Crippen LogP contribution in [-0.2, 0) is 30.7 Å². The molecule has 0 aliphatic carbocycles. The van der Waals surface area contributed by atoms with E-state index in [1.807, 2.05) is 0 Å². The van der Waals surface area contributed by atoms with Gasteiger partial charge in [0.1, 0.15) is 17.6 Å². The van der Waals surface area contributed by atoms with Gasteiger partial charge in [-0.05, 0) is 32.4 Å². The maximum Gasteiger partial charge on any atom is 0.326 e. The third kappa shape index (κ3) is 4.12. The number of carbonyl (C=O) groups is 2. The molecule has 10 nitrogen and oxygen atoms in total. The number of aromatic nitrogens is 2. The summed E-state index contributed by atoms with van der Waals surface area (Å²) in [5, 5.41) is 0.696. The lowest BCUT2D eigenvalue weighted by molar-refractivity contribution is -0.160. The maximum absolute atomic E-state index is 12.8. The number of para-hydroxylation sites is 1. The molecular weight excluding hydrogens is 438 g/mol. The Morgan fingerprint density at radius 1 is 1.34 bits per heavy atom. The number of ether oxygens (including phenoxy) is 1. The van der Waals surface area contributed by atoms with Crippen LogP contribution in [-0.4, -0.2) is 64.9 Å². The average Bonchev–Trinajstić information content (AvgIpc) is 3.30. The van der Waals surface area contributed by atoms with Crippen LogP contribution in [0, 0.1) is 0 Å². The number of sulfone groups is 1. The number of benzene rings is 1. The molecule has 11 heteroatoms. The van der Waals surface area contributed by atoms with Gasteiger partial charge in [-0.1, -0.05) is 12.1 Å². The molecule has 1 aromatic carbocycles. The van der Waals surface area contributed by atoms with Crippen molar-refractivity contribution in [1.29, 1.82) is 0 Å². The summed E-state index contributed by atoms with van der Waals surface area (Å²) >= 11 is 0. The van der Waals surface area contributed by atoms with Crippen molar-refractivity contribution >= 4 is 43.8 Å². The summed E-state index contributed by atoms with van der Waals surface area (Å²) in [6.45, 7) is 3.02. The van der Waals surface area contributed by atoms with Gasteiger partial charge in [0.25, 0.3) is 11.5 Å². The zero-order chi connectivity index (χ0) is 23.0. The maximum atomic E-state index is 12.8. The fourth-order valence-electron chi connectivity index (χ4n) is 4.00. The lowest BCUT2D eigenvalue weighted by Crippen LogP contribution is -2.46. The normalized spacial score (nSPS) is 18.6. The van der Waals surface area contributed by atoms with Crippen LogP contribution >= 0.6 is 0 Å². The van der Waals surface area contributed by atoms with Gasteiger partial charge in [-0.2, -0.15) is 0 Å². The van der Waals surface area contributed by atoms with Crippen molar-refractivity contribution in [2.24, 2.45) is 0 Å². The molecule has 2 unspecified atom stereocenters. The van der Waals surface area contributed by atoms with E-state index >= 15 is 0 Å². The van der Waals surface area contributed by atoms with Crippen LogP contribution in [0.15, 0.2) is 39.8 Å². The minimum atomic E-state index is -3.16. The van der Waals surface area contributed by atoms with Gasteiger partial charge >= 0.3 is 5.97 Å². The highest BCUT2D eigenvalue weighted by Gasteiger charge is 2.36. The Morgan fingerprint density at radius 2 is 2.09 bits per heavy atom. The van der Waals surface area contributed by atoms with Crippen molar-refractivity contribution in [1.82, 2.24) is 14.5 Å². The predicted molar refractivity (Wildman–Crippen MR) is 116 cm³/mol. The second kappa shape index (κ2) is 8.38. The molecule has 2 atom stereocenters. The second-order valence-corrected chi connectivity index (χ2v) is 10.00. The van der Waals surface area contributed by atoms with Crippen molar-refractivity contribution in [2.75, 3.05) is 18.1 Å². The summed E-state index contributed by atoms with van der Waals surface area (Å²) in [4.78, 5) is 43.6. The quantitative estimate of drug-likeness (QED) is 0.499. The molecule has 4 rings (SSSR count). The number of furan rings is 1. The molecule has 0 spiro atoms. The Bertz CT molecular complexity index is 1360. The molecule has 1 amide bonds. The highest BCUT2D eigenvalue weighted by molar-refractivity contribution is 7.91. The van der Waals surface area contributed by atoms with Crippen LogP contribution in [0.3, 0.4) is 0 Å². The van der Waals surface area contributed by atoms with Gasteiger partial charge in [0.15, 0.2) is 15.9 Å². The van der Waals surface area contributed by atoms with Crippen molar-refractivity contribution in [3.63, 3.8) is 0 Å². The molecule has 1 fully saturated rings. The topological polar surface area (TPSA) is 129 Å². The monoisotopic (exact) mass is 461 g/mol. The van der Waals surface area contributed by atoms with E-state index in [4.69, 9.17) is 9.15 Å². The first-order chi connectivity index (χ1) is 15.2. The van der Waals surface area contributed by atoms with Crippen molar-refractivity contribution in [2.45, 2.75) is 39.0 Å². The van der Waals surface area contributed by atoms with E-state index in [1.54, 1.807) is 31.2 Å². The van der Waals surface area contributed by atoms with Crippen molar-refractivity contribution in [3.05, 3.63) is 40.9 Å². The number of esters is 1. The first-order valence-electron chi connectivity index (χ1n) is 10.3. The van der Waals surface area contributed by atoms with E-state index in [0.29, 0.717) is 29.5 Å². The number of nitrogens with zero attached hydrogens (tertiary/aromatic N) is 3. The molecule has 2 aromatic heterocycles. The largest absolute Gasteiger partial charge is 0.451 e. The Morgan fingerprint density at radius 3 is 2.78 bits per heavy atom. The number of amides is 1. The summed E-state index contributed by atoms with van der Waals surface area (Å²) in [5.74, 6) is -1.32. The molecule has 0 saturated carbocycles. The minimum absolute atomic E-state index is 0.0326. The Balaban J connectivity index is 1.46. The second-order valence-electron chi connectivity index (χ2n) is 7.77. The Hall–Kier alpha value is -3.21. The van der Waals surface area contributed by atoms with E-state index in [-0.39, 0.29) is 17.1 Å². The van der Waals surface area contributed by atoms with Gasteiger partial charge in [0, 0.05) is 18.0 Å². The SMILES string of the molecule is CCN(C(=O)C(C)OC(=O)Cn1cnc2c(oc3ccccc32)c1=O)C1CCS(=O)(=O)C1. The van der Waals surface area contributed by atoms with E-state index in [0.717, 1.165) is 4.57 Å². The first-order valence-corrected chi connectivity index (χ1v) is 12.1. The molecule has 0 bridgehead atoms. The van der Waals surface area contributed by atoms with Crippen LogP contribution in [0.4, 0.5) is 0 Å². The van der Waals surface area contributed by atoms with Crippen LogP contribution < -0.4 is 5.56 Å². The van der Waals surface area contributed by atoms with Crippen molar-refractivity contribution < 1.29 is 27.2 Å². The van der Waals surface area contributed by atoms with Crippen LogP contribution in [0.2, 0.25) is 0 Å². The lowest BCUT2D eigenvalue weighted by Gasteiger charge is -2.29. The third-order valence-corrected chi connectivity index (χ3v) is 7.33. The highest BCUT2D eigenvalue weighted by atomic mass is 32.2. The van der Waals surface area contributed by atoms with E-state index in [9.17, 15) is 22.8 Å². The van der Waals surface area contributed by atoms with Gasteiger partial charge in [-0.15, -0.1) is 0 Å². The zero-order valence-electron chi connectivity index (χ0n) is 17.7. The van der Waals surface area contributed by atoms with Crippen molar-refractivity contribution in [3.8, 4) is 0 Å². The predicted octanol–water partition coefficient (Wildman–Crippen LogP) is 1.11. The molecule has 170 valence electrons. The summed E-state index contributed by atoms with van der Waals surface area (Å²) < 4.78 is 35.4. The number of carbonyl (C=O) groups excluding carboxylic acids is 2. The van der Waals surface area contributed by atoms with E-state index in [2.05, 4.69) is 4.98 Å². The van der Waals surface area contributed by atoms with Gasteiger partial charge in [0.2, 0.25) is 5.58 Å². The number of likely N-dealkylation sites (N-methyl/N-ethyl adjacent to an activating group) is 1. The summed E-state index contributed by atoms with van der Waals surface area (Å²) in [7, 11) is -3.16. The summed E-state index contributed by atoms with van der Waals surface area (Å²) in [5.41, 5.74) is 0.419. The molecule has 1 aliphatic heterocycles. The standard InChI is InChI=1S/C21H23N3O7S/c1-3-24(14-8-9-32(28,29)11-14)20(26)13(2)30-17(25)10-23-12-22-18-15-6-4-5-7-16(15)31-19(18)21(23)27/h4-7,12-14H,3,8-11H2,1-2H3. The Kier molecular flexibility index (Phi) is 5.76. The molecule has 3 aromatic rings. The van der Waals surface area contributed by atoms with Crippen LogP contribution in [0.5, 0.6) is 0 Å². The lowest BCUT2D eigenvalue weighted by atomic mass is 10.2. The zero-order valence-corrected chi connectivity index (χ0v) is 18.5. The van der Waals surface area contributed by atoms with Gasteiger partial charge in [0.05, 0.1) is 17.8 Å². The molecular formula is C21H23N3O7S. The van der Waals surface area contributed by atoms with E-state index < -0.39 is 46.0 Å². The van der Waals surface area contributed by atoms with E-state index in [1.165, 1.54) is 18.2 Å². The van der Waals surface area contributed by atoms with Crippen LogP contribution in [0.25, 0.3) is 22.1 Å². The van der Waals surface area contributed by atoms with Gasteiger partial charge in [-0.3, -0.25) is 19.0 Å².